The first-order valence-corrected chi connectivity index (χ1v) is 12.6. The zero-order valence-electron chi connectivity index (χ0n) is 21.5. The number of likely N-dealkylation sites (N-methyl/N-ethyl adjacent to an activating group) is 1. The van der Waals surface area contributed by atoms with Gasteiger partial charge in [0.25, 0.3) is 5.91 Å². The van der Waals surface area contributed by atoms with E-state index >= 15 is 0 Å². The number of rotatable bonds is 8. The highest BCUT2D eigenvalue weighted by Gasteiger charge is 2.34. The van der Waals surface area contributed by atoms with Gasteiger partial charge in [0.05, 0.1) is 12.6 Å². The normalized spacial score (nSPS) is 18.9. The van der Waals surface area contributed by atoms with E-state index in [4.69, 9.17) is 4.74 Å². The average molecular weight is 504 g/mol. The summed E-state index contributed by atoms with van der Waals surface area (Å²) in [5.41, 5.74) is 3.22. The average Bonchev–Trinajstić information content (AvgIpc) is 2.91. The number of amides is 1. The SMILES string of the molecule is C[C@H](CO)N1C[C@H](C)[C@H](CN(C)Cc2ccc(F)cc2)Oc2ncc(C=Cc3ccccc3)cc2C1=O. The maximum Gasteiger partial charge on any atom is 0.259 e. The third-order valence-electron chi connectivity index (χ3n) is 6.67. The number of fused-ring (bicyclic) bond motifs is 1. The van der Waals surface area contributed by atoms with Crippen molar-refractivity contribution in [3.63, 3.8) is 0 Å². The molecule has 0 aliphatic carbocycles. The van der Waals surface area contributed by atoms with E-state index in [1.807, 2.05) is 63.4 Å². The van der Waals surface area contributed by atoms with E-state index in [0.717, 1.165) is 16.7 Å². The van der Waals surface area contributed by atoms with E-state index in [1.54, 1.807) is 29.3 Å². The Hall–Kier alpha value is -3.55. The zero-order valence-corrected chi connectivity index (χ0v) is 21.5. The minimum Gasteiger partial charge on any atom is -0.472 e. The summed E-state index contributed by atoms with van der Waals surface area (Å²) in [6, 6.07) is 17.8. The van der Waals surface area contributed by atoms with Crippen molar-refractivity contribution in [1.82, 2.24) is 14.8 Å². The monoisotopic (exact) mass is 503 g/mol. The molecule has 1 aromatic heterocycles. The summed E-state index contributed by atoms with van der Waals surface area (Å²) in [5.74, 6) is -0.180. The molecule has 1 N–H and O–H groups in total. The van der Waals surface area contributed by atoms with Crippen LogP contribution in [0.4, 0.5) is 4.39 Å². The molecule has 0 saturated heterocycles. The third-order valence-corrected chi connectivity index (χ3v) is 6.67. The highest BCUT2D eigenvalue weighted by Crippen LogP contribution is 2.28. The summed E-state index contributed by atoms with van der Waals surface area (Å²) in [6.07, 6.45) is 5.35. The van der Waals surface area contributed by atoms with Crippen molar-refractivity contribution >= 4 is 18.1 Å². The van der Waals surface area contributed by atoms with Gasteiger partial charge in [-0.15, -0.1) is 0 Å². The van der Waals surface area contributed by atoms with Crippen LogP contribution >= 0.6 is 0 Å². The maximum absolute atomic E-state index is 13.6. The molecule has 0 fully saturated rings. The zero-order chi connectivity index (χ0) is 26.4. The van der Waals surface area contributed by atoms with E-state index < -0.39 is 0 Å². The molecular formula is C30H34FN3O3. The molecule has 1 aliphatic heterocycles. The Kier molecular flexibility index (Phi) is 8.69. The van der Waals surface area contributed by atoms with E-state index in [2.05, 4.69) is 9.88 Å². The van der Waals surface area contributed by atoms with E-state index in [-0.39, 0.29) is 36.4 Å². The van der Waals surface area contributed by atoms with Gasteiger partial charge in [0.15, 0.2) is 0 Å². The molecule has 3 aromatic rings. The van der Waals surface area contributed by atoms with Crippen LogP contribution in [0.3, 0.4) is 0 Å². The van der Waals surface area contributed by atoms with Gasteiger partial charge >= 0.3 is 0 Å². The summed E-state index contributed by atoms with van der Waals surface area (Å²) in [4.78, 5) is 22.0. The number of aromatic nitrogens is 1. The van der Waals surface area contributed by atoms with Crippen molar-refractivity contribution in [2.24, 2.45) is 5.92 Å². The van der Waals surface area contributed by atoms with Crippen LogP contribution in [0.15, 0.2) is 66.9 Å². The fraction of sp³-hybridized carbons (Fsp3) is 0.333. The van der Waals surface area contributed by atoms with Crippen molar-refractivity contribution in [3.05, 3.63) is 94.9 Å². The Bertz CT molecular complexity index is 1220. The number of aliphatic hydroxyl groups is 1. The van der Waals surface area contributed by atoms with Gasteiger partial charge in [-0.1, -0.05) is 61.5 Å². The van der Waals surface area contributed by atoms with Crippen LogP contribution in [0.25, 0.3) is 12.2 Å². The molecule has 1 amide bonds. The summed E-state index contributed by atoms with van der Waals surface area (Å²) < 4.78 is 19.7. The Balaban J connectivity index is 1.60. The Morgan fingerprint density at radius 3 is 2.57 bits per heavy atom. The van der Waals surface area contributed by atoms with Gasteiger partial charge in [-0.2, -0.15) is 0 Å². The van der Waals surface area contributed by atoms with Crippen LogP contribution in [0.1, 0.15) is 40.9 Å². The van der Waals surface area contributed by atoms with Gasteiger partial charge in [-0.25, -0.2) is 9.37 Å². The van der Waals surface area contributed by atoms with Crippen LogP contribution in [0, 0.1) is 11.7 Å². The maximum atomic E-state index is 13.6. The van der Waals surface area contributed by atoms with Gasteiger partial charge in [0.2, 0.25) is 5.88 Å². The molecule has 1 aliphatic rings. The summed E-state index contributed by atoms with van der Waals surface area (Å²) in [5, 5.41) is 9.87. The molecule has 0 saturated carbocycles. The lowest BCUT2D eigenvalue weighted by atomic mass is 9.99. The van der Waals surface area contributed by atoms with Crippen LogP contribution in [-0.2, 0) is 6.54 Å². The second kappa shape index (κ2) is 12.1. The van der Waals surface area contributed by atoms with Gasteiger partial charge in [-0.05, 0) is 48.9 Å². The van der Waals surface area contributed by atoms with E-state index in [0.29, 0.717) is 31.1 Å². The molecule has 194 valence electrons. The molecule has 0 spiro atoms. The number of benzene rings is 2. The van der Waals surface area contributed by atoms with Crippen LogP contribution in [0.2, 0.25) is 0 Å². The van der Waals surface area contributed by atoms with E-state index in [1.165, 1.54) is 12.1 Å². The molecular weight excluding hydrogens is 469 g/mol. The first kappa shape index (κ1) is 26.5. The quantitative estimate of drug-likeness (QED) is 0.481. The fourth-order valence-corrected chi connectivity index (χ4v) is 4.46. The van der Waals surface area contributed by atoms with Crippen LogP contribution in [0.5, 0.6) is 5.88 Å². The van der Waals surface area contributed by atoms with Gasteiger partial charge in [-0.3, -0.25) is 9.69 Å². The summed E-state index contributed by atoms with van der Waals surface area (Å²) >= 11 is 0. The van der Waals surface area contributed by atoms with Crippen molar-refractivity contribution in [1.29, 1.82) is 0 Å². The first-order chi connectivity index (χ1) is 17.8. The molecule has 4 rings (SSSR count). The standard InChI is InChI=1S/C30H34FN3O3/c1-21-17-34(22(2)20-35)30(36)27-15-25(10-9-23-7-5-4-6-8-23)16-32-29(27)37-28(21)19-33(3)18-24-11-13-26(31)14-12-24/h4-16,21-22,28,35H,17-20H2,1-3H3/t21-,22+,28-/m0/s1. The number of aliphatic hydroxyl groups excluding tert-OH is 1. The first-order valence-electron chi connectivity index (χ1n) is 12.6. The lowest BCUT2D eigenvalue weighted by Gasteiger charge is -2.37. The highest BCUT2D eigenvalue weighted by molar-refractivity contribution is 5.97. The molecule has 0 radical (unpaired) electrons. The number of nitrogens with zero attached hydrogens (tertiary/aromatic N) is 3. The Morgan fingerprint density at radius 1 is 1.16 bits per heavy atom. The minimum atomic E-state index is -0.345. The minimum absolute atomic E-state index is 0.0128. The molecule has 6 nitrogen and oxygen atoms in total. The molecule has 2 aromatic carbocycles. The van der Waals surface area contributed by atoms with Gasteiger partial charge < -0.3 is 14.7 Å². The topological polar surface area (TPSA) is 65.9 Å². The number of carbonyl (C=O) groups is 1. The number of pyridine rings is 1. The second-order valence-corrected chi connectivity index (χ2v) is 9.81. The number of carbonyl (C=O) groups excluding carboxylic acids is 1. The smallest absolute Gasteiger partial charge is 0.259 e. The van der Waals surface area contributed by atoms with Crippen molar-refractivity contribution in [2.75, 3.05) is 26.7 Å². The molecule has 0 unspecified atom stereocenters. The Morgan fingerprint density at radius 2 is 1.86 bits per heavy atom. The predicted octanol–water partition coefficient (Wildman–Crippen LogP) is 4.74. The van der Waals surface area contributed by atoms with Crippen molar-refractivity contribution < 1.29 is 19.0 Å². The van der Waals surface area contributed by atoms with Crippen molar-refractivity contribution in [2.45, 2.75) is 32.5 Å². The van der Waals surface area contributed by atoms with Crippen LogP contribution in [-0.4, -0.2) is 64.7 Å². The number of halogens is 1. The molecule has 3 atom stereocenters. The molecule has 2 heterocycles. The Labute approximate surface area is 218 Å². The van der Waals surface area contributed by atoms with Gasteiger partial charge in [0, 0.05) is 31.7 Å². The third kappa shape index (κ3) is 6.81. The van der Waals surface area contributed by atoms with Crippen molar-refractivity contribution in [3.8, 4) is 5.88 Å². The predicted molar refractivity (Wildman–Crippen MR) is 144 cm³/mol. The molecule has 0 bridgehead atoms. The van der Waals surface area contributed by atoms with E-state index in [9.17, 15) is 14.3 Å². The number of hydrogen-bond acceptors (Lipinski definition) is 5. The van der Waals surface area contributed by atoms with Crippen LogP contribution < -0.4 is 4.74 Å². The summed E-state index contributed by atoms with van der Waals surface area (Å²) in [6.45, 7) is 5.42. The highest BCUT2D eigenvalue weighted by atomic mass is 19.1. The molecule has 37 heavy (non-hydrogen) atoms. The van der Waals surface area contributed by atoms with Gasteiger partial charge in [0.1, 0.15) is 17.5 Å². The largest absolute Gasteiger partial charge is 0.472 e. The lowest BCUT2D eigenvalue weighted by molar-refractivity contribution is 0.0325. The second-order valence-electron chi connectivity index (χ2n) is 9.81. The number of ether oxygens (including phenoxy) is 1. The lowest BCUT2D eigenvalue weighted by Crippen LogP contribution is -2.49. The molecule has 7 heteroatoms. The summed E-state index contributed by atoms with van der Waals surface area (Å²) in [7, 11) is 1.99. The number of hydrogen-bond donors (Lipinski definition) is 1. The fourth-order valence-electron chi connectivity index (χ4n) is 4.46.